The number of hydrogen-bond acceptors (Lipinski definition) is 4. The number of aryl methyl sites for hydroxylation is 1. The Morgan fingerprint density at radius 1 is 1.13 bits per heavy atom. The Balaban J connectivity index is 1.26. The molecular weight excluding hydrogens is 399 g/mol. The summed E-state index contributed by atoms with van der Waals surface area (Å²) in [7, 11) is 0. The van der Waals surface area contributed by atoms with Gasteiger partial charge in [0, 0.05) is 25.2 Å². The van der Waals surface area contributed by atoms with Crippen LogP contribution in [0.15, 0.2) is 59.5 Å². The quantitative estimate of drug-likeness (QED) is 0.547. The molecule has 0 fully saturated rings. The minimum atomic E-state index is -0.312. The first-order chi connectivity index (χ1) is 15.1. The van der Waals surface area contributed by atoms with Gasteiger partial charge in [-0.25, -0.2) is 18.4 Å². The maximum absolute atomic E-state index is 13.1. The highest BCUT2D eigenvalue weighted by molar-refractivity contribution is 5.93. The van der Waals surface area contributed by atoms with Crippen LogP contribution in [0.4, 0.5) is 4.39 Å². The molecule has 1 atom stereocenters. The highest BCUT2D eigenvalue weighted by Crippen LogP contribution is 2.14. The van der Waals surface area contributed by atoms with Crippen LogP contribution in [0, 0.1) is 5.82 Å². The molecule has 0 saturated heterocycles. The van der Waals surface area contributed by atoms with Gasteiger partial charge < -0.3 is 5.32 Å². The van der Waals surface area contributed by atoms with Gasteiger partial charge in [0.05, 0.1) is 12.1 Å². The van der Waals surface area contributed by atoms with Crippen LogP contribution in [0.1, 0.15) is 34.7 Å². The molecule has 9 heteroatoms. The lowest BCUT2D eigenvalue weighted by Gasteiger charge is -2.15. The molecule has 1 N–H and O–H groups in total. The normalized spacial score (nSPS) is 16.1. The molecule has 158 valence electrons. The van der Waals surface area contributed by atoms with Crippen molar-refractivity contribution < 1.29 is 9.18 Å². The summed E-state index contributed by atoms with van der Waals surface area (Å²) in [5, 5.41) is 11.8. The second kappa shape index (κ2) is 7.82. The van der Waals surface area contributed by atoms with Crippen LogP contribution in [0.5, 0.6) is 0 Å². The standard InChI is InChI=1S/C22H21FN6O2/c23-16-6-4-15(5-7-16)14-29-22(31)27-12-10-17(8-9-20(27)26-29)24-21(30)19-13-18-3-1-2-11-28(18)25-19/h1-7,11,13,17H,8-10,12,14H2,(H,24,30). The number of carbonyl (C=O) groups is 1. The predicted molar refractivity (Wildman–Crippen MR) is 111 cm³/mol. The van der Waals surface area contributed by atoms with E-state index >= 15 is 0 Å². The fourth-order valence-electron chi connectivity index (χ4n) is 3.95. The number of benzene rings is 1. The molecule has 1 aliphatic heterocycles. The third kappa shape index (κ3) is 3.86. The summed E-state index contributed by atoms with van der Waals surface area (Å²) in [6.07, 6.45) is 3.70. The van der Waals surface area contributed by atoms with Crippen LogP contribution in [0.2, 0.25) is 0 Å². The van der Waals surface area contributed by atoms with Crippen LogP contribution in [-0.4, -0.2) is 35.9 Å². The number of hydrogen-bond donors (Lipinski definition) is 1. The third-order valence-electron chi connectivity index (χ3n) is 5.60. The summed E-state index contributed by atoms with van der Waals surface area (Å²) in [6.45, 7) is 0.779. The van der Waals surface area contributed by atoms with E-state index < -0.39 is 0 Å². The third-order valence-corrected chi connectivity index (χ3v) is 5.60. The van der Waals surface area contributed by atoms with Gasteiger partial charge in [-0.3, -0.25) is 9.36 Å². The number of rotatable bonds is 4. The lowest BCUT2D eigenvalue weighted by molar-refractivity contribution is 0.0927. The molecule has 0 aliphatic carbocycles. The fraction of sp³-hybridized carbons (Fsp3) is 0.273. The molecule has 1 aromatic carbocycles. The van der Waals surface area contributed by atoms with E-state index in [9.17, 15) is 14.0 Å². The minimum Gasteiger partial charge on any atom is -0.348 e. The highest BCUT2D eigenvalue weighted by Gasteiger charge is 2.23. The van der Waals surface area contributed by atoms with Crippen molar-refractivity contribution in [1.82, 2.24) is 29.3 Å². The van der Waals surface area contributed by atoms with E-state index in [-0.39, 0.29) is 23.5 Å². The largest absolute Gasteiger partial charge is 0.348 e. The molecule has 0 bridgehead atoms. The maximum Gasteiger partial charge on any atom is 0.346 e. The van der Waals surface area contributed by atoms with E-state index in [0.29, 0.717) is 43.9 Å². The average molecular weight is 420 g/mol. The molecule has 4 heterocycles. The molecule has 0 saturated carbocycles. The fourth-order valence-corrected chi connectivity index (χ4v) is 3.95. The number of fused-ring (bicyclic) bond motifs is 2. The van der Waals surface area contributed by atoms with Gasteiger partial charge >= 0.3 is 5.69 Å². The zero-order valence-electron chi connectivity index (χ0n) is 16.7. The number of nitrogens with one attached hydrogen (secondary N) is 1. The van der Waals surface area contributed by atoms with E-state index in [1.165, 1.54) is 16.8 Å². The summed E-state index contributed by atoms with van der Waals surface area (Å²) < 4.78 is 17.9. The Morgan fingerprint density at radius 3 is 2.77 bits per heavy atom. The second-order valence-electron chi connectivity index (χ2n) is 7.73. The number of aromatic nitrogens is 5. The van der Waals surface area contributed by atoms with Gasteiger partial charge in [-0.1, -0.05) is 18.2 Å². The van der Waals surface area contributed by atoms with E-state index in [1.54, 1.807) is 33.5 Å². The van der Waals surface area contributed by atoms with Crippen molar-refractivity contribution in [3.63, 3.8) is 0 Å². The SMILES string of the molecule is O=C(NC1CCc2nn(Cc3ccc(F)cc3)c(=O)n2CC1)c1cc2ccccn2n1. The lowest BCUT2D eigenvalue weighted by Crippen LogP contribution is -2.36. The van der Waals surface area contributed by atoms with Gasteiger partial charge in [0.2, 0.25) is 0 Å². The van der Waals surface area contributed by atoms with Gasteiger partial charge in [-0.05, 0) is 48.7 Å². The first-order valence-corrected chi connectivity index (χ1v) is 10.2. The number of nitrogens with zero attached hydrogens (tertiary/aromatic N) is 5. The van der Waals surface area contributed by atoms with Gasteiger partial charge in [0.1, 0.15) is 11.6 Å². The number of halogens is 1. The lowest BCUT2D eigenvalue weighted by atomic mass is 10.1. The van der Waals surface area contributed by atoms with Gasteiger partial charge in [-0.15, -0.1) is 0 Å². The van der Waals surface area contributed by atoms with Gasteiger partial charge in [-0.2, -0.15) is 10.2 Å². The molecule has 1 aliphatic rings. The second-order valence-corrected chi connectivity index (χ2v) is 7.73. The summed E-state index contributed by atoms with van der Waals surface area (Å²) in [4.78, 5) is 25.4. The Bertz CT molecular complexity index is 1270. The van der Waals surface area contributed by atoms with E-state index in [1.807, 2.05) is 18.2 Å². The Hall–Kier alpha value is -3.75. The van der Waals surface area contributed by atoms with Crippen molar-refractivity contribution in [2.75, 3.05) is 0 Å². The van der Waals surface area contributed by atoms with Crippen molar-refractivity contribution in [1.29, 1.82) is 0 Å². The molecule has 31 heavy (non-hydrogen) atoms. The van der Waals surface area contributed by atoms with Crippen molar-refractivity contribution in [3.8, 4) is 0 Å². The first-order valence-electron chi connectivity index (χ1n) is 10.2. The first kappa shape index (κ1) is 19.2. The van der Waals surface area contributed by atoms with Crippen LogP contribution in [0.3, 0.4) is 0 Å². The summed E-state index contributed by atoms with van der Waals surface area (Å²) in [5.41, 5.74) is 1.85. The summed E-state index contributed by atoms with van der Waals surface area (Å²) >= 11 is 0. The number of carbonyl (C=O) groups excluding carboxylic acids is 1. The average Bonchev–Trinajstić information content (AvgIpc) is 3.26. The van der Waals surface area contributed by atoms with Crippen molar-refractivity contribution in [3.05, 3.63) is 88.1 Å². The van der Waals surface area contributed by atoms with E-state index in [2.05, 4.69) is 15.5 Å². The Morgan fingerprint density at radius 2 is 1.97 bits per heavy atom. The molecule has 5 rings (SSSR count). The zero-order chi connectivity index (χ0) is 21.4. The smallest absolute Gasteiger partial charge is 0.346 e. The molecule has 1 unspecified atom stereocenters. The molecule has 8 nitrogen and oxygen atoms in total. The van der Waals surface area contributed by atoms with E-state index in [4.69, 9.17) is 0 Å². The van der Waals surface area contributed by atoms with Gasteiger partial charge in [0.25, 0.3) is 5.91 Å². The number of amides is 1. The molecular formula is C22H21FN6O2. The van der Waals surface area contributed by atoms with Crippen molar-refractivity contribution >= 4 is 11.4 Å². The minimum absolute atomic E-state index is 0.0658. The van der Waals surface area contributed by atoms with E-state index in [0.717, 1.165) is 11.1 Å². The van der Waals surface area contributed by atoms with Crippen LogP contribution in [0.25, 0.3) is 5.52 Å². The molecule has 0 spiro atoms. The highest BCUT2D eigenvalue weighted by atomic mass is 19.1. The van der Waals surface area contributed by atoms with Crippen molar-refractivity contribution in [2.24, 2.45) is 0 Å². The zero-order valence-corrected chi connectivity index (χ0v) is 16.7. The molecule has 4 aromatic rings. The van der Waals surface area contributed by atoms with Crippen LogP contribution in [-0.2, 0) is 19.5 Å². The molecule has 1 amide bonds. The van der Waals surface area contributed by atoms with Gasteiger partial charge in [0.15, 0.2) is 5.69 Å². The monoisotopic (exact) mass is 420 g/mol. The predicted octanol–water partition coefficient (Wildman–Crippen LogP) is 2.01. The maximum atomic E-state index is 13.1. The molecule has 3 aromatic heterocycles. The molecule has 0 radical (unpaired) electrons. The summed E-state index contributed by atoms with van der Waals surface area (Å²) in [6, 6.07) is 13.4. The van der Waals surface area contributed by atoms with Crippen LogP contribution < -0.4 is 11.0 Å². The summed E-state index contributed by atoms with van der Waals surface area (Å²) in [5.74, 6) is 0.173. The topological polar surface area (TPSA) is 86.2 Å². The Kier molecular flexibility index (Phi) is 4.85. The Labute approximate surface area is 176 Å². The number of pyridine rings is 1. The van der Waals surface area contributed by atoms with Crippen molar-refractivity contribution in [2.45, 2.75) is 38.4 Å². The van der Waals surface area contributed by atoms with Crippen LogP contribution >= 0.6 is 0 Å².